The highest BCUT2D eigenvalue weighted by atomic mass is 32.1. The van der Waals surface area contributed by atoms with Crippen LogP contribution in [-0.4, -0.2) is 39.0 Å². The van der Waals surface area contributed by atoms with Crippen LogP contribution < -0.4 is 0 Å². The van der Waals surface area contributed by atoms with Gasteiger partial charge in [0.2, 0.25) is 5.89 Å². The zero-order valence-corrected chi connectivity index (χ0v) is 16.3. The Morgan fingerprint density at radius 2 is 2.07 bits per heavy atom. The third-order valence-electron chi connectivity index (χ3n) is 4.83. The molecule has 1 unspecified atom stereocenters. The third-order valence-corrected chi connectivity index (χ3v) is 5.98. The van der Waals surface area contributed by atoms with E-state index in [4.69, 9.17) is 4.52 Å². The van der Waals surface area contributed by atoms with Crippen molar-refractivity contribution in [1.82, 2.24) is 20.0 Å². The fraction of sp³-hybridized carbons (Fsp3) is 0.400. The van der Waals surface area contributed by atoms with Crippen molar-refractivity contribution in [3.8, 4) is 0 Å². The van der Waals surface area contributed by atoms with Gasteiger partial charge < -0.3 is 9.42 Å². The predicted molar refractivity (Wildman–Crippen MR) is 103 cm³/mol. The number of hydrogen-bond donors (Lipinski definition) is 0. The van der Waals surface area contributed by atoms with Gasteiger partial charge in [-0.3, -0.25) is 4.79 Å². The Morgan fingerprint density at radius 3 is 2.81 bits per heavy atom. The molecule has 3 aromatic rings. The number of aromatic nitrogens is 3. The molecule has 1 aromatic carbocycles. The van der Waals surface area contributed by atoms with E-state index in [1.54, 1.807) is 0 Å². The average molecular weight is 382 g/mol. The van der Waals surface area contributed by atoms with Crippen molar-refractivity contribution in [3.63, 3.8) is 0 Å². The minimum absolute atomic E-state index is 0.0604. The topological polar surface area (TPSA) is 72.1 Å². The molecule has 4 rings (SSSR count). The van der Waals surface area contributed by atoms with Gasteiger partial charge >= 0.3 is 0 Å². The van der Waals surface area contributed by atoms with Crippen molar-refractivity contribution in [1.29, 1.82) is 0 Å². The number of piperidine rings is 1. The molecule has 0 spiro atoms. The molecule has 0 aliphatic carbocycles. The predicted octanol–water partition coefficient (Wildman–Crippen LogP) is 3.75. The summed E-state index contributed by atoms with van der Waals surface area (Å²) in [6, 6.07) is 10.2. The highest BCUT2D eigenvalue weighted by molar-refractivity contribution is 7.13. The number of nitrogens with zero attached hydrogens (tertiary/aromatic N) is 4. The van der Waals surface area contributed by atoms with E-state index in [1.165, 1.54) is 16.9 Å². The first-order chi connectivity index (χ1) is 13.1. The maximum atomic E-state index is 13.1. The quantitative estimate of drug-likeness (QED) is 0.687. The van der Waals surface area contributed by atoms with E-state index in [-0.39, 0.29) is 11.8 Å². The molecule has 27 heavy (non-hydrogen) atoms. The second-order valence-electron chi connectivity index (χ2n) is 6.95. The lowest BCUT2D eigenvalue weighted by Crippen LogP contribution is -2.39. The highest BCUT2D eigenvalue weighted by Gasteiger charge is 2.30. The van der Waals surface area contributed by atoms with E-state index < -0.39 is 0 Å². The highest BCUT2D eigenvalue weighted by Crippen LogP contribution is 2.29. The Balaban J connectivity index is 1.49. The molecule has 6 nitrogen and oxygen atoms in total. The van der Waals surface area contributed by atoms with Gasteiger partial charge in [-0.25, -0.2) is 4.98 Å². The van der Waals surface area contributed by atoms with Crippen LogP contribution in [0.1, 0.15) is 56.4 Å². The molecule has 140 valence electrons. The molecule has 1 amide bonds. The number of amides is 1. The molecule has 0 bridgehead atoms. The average Bonchev–Trinajstić information content (AvgIpc) is 3.28. The number of carbonyl (C=O) groups excluding carboxylic acids is 1. The van der Waals surface area contributed by atoms with Crippen LogP contribution in [0.2, 0.25) is 0 Å². The lowest BCUT2D eigenvalue weighted by Gasteiger charge is -2.30. The van der Waals surface area contributed by atoms with Gasteiger partial charge in [-0.2, -0.15) is 4.98 Å². The van der Waals surface area contributed by atoms with Crippen molar-refractivity contribution in [3.05, 3.63) is 63.2 Å². The second kappa shape index (κ2) is 7.60. The summed E-state index contributed by atoms with van der Waals surface area (Å²) in [4.78, 5) is 24.7. The van der Waals surface area contributed by atoms with Crippen LogP contribution in [0.25, 0.3) is 0 Å². The zero-order valence-electron chi connectivity index (χ0n) is 15.5. The molecular weight excluding hydrogens is 360 g/mol. The van der Waals surface area contributed by atoms with Crippen LogP contribution >= 0.6 is 11.3 Å². The molecule has 0 radical (unpaired) electrons. The maximum absolute atomic E-state index is 13.1. The van der Waals surface area contributed by atoms with Gasteiger partial charge in [0.1, 0.15) is 4.88 Å². The fourth-order valence-corrected chi connectivity index (χ4v) is 4.55. The lowest BCUT2D eigenvalue weighted by molar-refractivity contribution is 0.0699. The normalized spacial score (nSPS) is 17.3. The van der Waals surface area contributed by atoms with Crippen molar-refractivity contribution in [2.75, 3.05) is 13.1 Å². The molecule has 1 saturated heterocycles. The first-order valence-corrected chi connectivity index (χ1v) is 10.0. The Hall–Kier alpha value is -2.54. The lowest BCUT2D eigenvalue weighted by atomic mass is 9.98. The van der Waals surface area contributed by atoms with E-state index in [1.807, 2.05) is 36.9 Å². The zero-order chi connectivity index (χ0) is 18.8. The minimum atomic E-state index is 0.0604. The number of likely N-dealkylation sites (tertiary alicyclic amines) is 1. The maximum Gasteiger partial charge on any atom is 0.265 e. The van der Waals surface area contributed by atoms with E-state index in [0.717, 1.165) is 41.4 Å². The van der Waals surface area contributed by atoms with Crippen LogP contribution in [0, 0.1) is 13.8 Å². The SMILES string of the molecule is Cc1noc(C2CCCN(C(=O)c3sc(Cc4ccccc4)nc3C)C2)n1. The van der Waals surface area contributed by atoms with Gasteiger partial charge in [0.15, 0.2) is 5.82 Å². The molecule has 2 aromatic heterocycles. The van der Waals surface area contributed by atoms with Gasteiger partial charge in [-0.05, 0) is 32.3 Å². The number of carbonyl (C=O) groups is 1. The Kier molecular flexibility index (Phi) is 5.03. The van der Waals surface area contributed by atoms with E-state index in [9.17, 15) is 4.79 Å². The monoisotopic (exact) mass is 382 g/mol. The molecular formula is C20H22N4O2S. The van der Waals surface area contributed by atoms with Crippen LogP contribution in [0.4, 0.5) is 0 Å². The Morgan fingerprint density at radius 1 is 1.26 bits per heavy atom. The van der Waals surface area contributed by atoms with Crippen LogP contribution in [-0.2, 0) is 6.42 Å². The molecule has 0 N–H and O–H groups in total. The van der Waals surface area contributed by atoms with Crippen LogP contribution in [0.15, 0.2) is 34.9 Å². The summed E-state index contributed by atoms with van der Waals surface area (Å²) in [6.45, 7) is 5.11. The number of hydrogen-bond acceptors (Lipinski definition) is 6. The molecule has 7 heteroatoms. The molecule has 3 heterocycles. The molecule has 0 saturated carbocycles. The van der Waals surface area contributed by atoms with E-state index >= 15 is 0 Å². The third kappa shape index (κ3) is 3.93. The first kappa shape index (κ1) is 17.9. The van der Waals surface area contributed by atoms with Gasteiger partial charge in [0, 0.05) is 19.5 Å². The molecule has 1 aliphatic heterocycles. The van der Waals surface area contributed by atoms with Gasteiger partial charge in [-0.1, -0.05) is 35.5 Å². The smallest absolute Gasteiger partial charge is 0.265 e. The largest absolute Gasteiger partial charge is 0.339 e. The summed E-state index contributed by atoms with van der Waals surface area (Å²) in [5.74, 6) is 1.44. The molecule has 1 atom stereocenters. The summed E-state index contributed by atoms with van der Waals surface area (Å²) in [7, 11) is 0. The number of benzene rings is 1. The van der Waals surface area contributed by atoms with Crippen molar-refractivity contribution < 1.29 is 9.32 Å². The van der Waals surface area contributed by atoms with Crippen LogP contribution in [0.3, 0.4) is 0 Å². The first-order valence-electron chi connectivity index (χ1n) is 9.20. The number of aryl methyl sites for hydroxylation is 2. The summed E-state index contributed by atoms with van der Waals surface area (Å²) in [6.07, 6.45) is 2.66. The summed E-state index contributed by atoms with van der Waals surface area (Å²) < 4.78 is 5.32. The Labute approximate surface area is 162 Å². The van der Waals surface area contributed by atoms with E-state index in [2.05, 4.69) is 27.3 Å². The Bertz CT molecular complexity index is 935. The molecule has 1 aliphatic rings. The van der Waals surface area contributed by atoms with Crippen molar-refractivity contribution in [2.24, 2.45) is 0 Å². The minimum Gasteiger partial charge on any atom is -0.339 e. The number of rotatable bonds is 4. The van der Waals surface area contributed by atoms with Crippen molar-refractivity contribution >= 4 is 17.2 Å². The van der Waals surface area contributed by atoms with E-state index in [0.29, 0.717) is 18.3 Å². The number of thiazole rings is 1. The van der Waals surface area contributed by atoms with Gasteiger partial charge in [0.05, 0.1) is 16.6 Å². The molecule has 1 fully saturated rings. The van der Waals surface area contributed by atoms with Crippen molar-refractivity contribution in [2.45, 2.75) is 39.0 Å². The second-order valence-corrected chi connectivity index (χ2v) is 8.04. The fourth-order valence-electron chi connectivity index (χ4n) is 3.48. The standard InChI is InChI=1S/C20H22N4O2S/c1-13-18(27-17(21-13)11-15-7-4-3-5-8-15)20(25)24-10-6-9-16(12-24)19-22-14(2)23-26-19/h3-5,7-8,16H,6,9-12H2,1-2H3. The van der Waals surface area contributed by atoms with Gasteiger partial charge in [0.25, 0.3) is 5.91 Å². The van der Waals surface area contributed by atoms with Gasteiger partial charge in [-0.15, -0.1) is 11.3 Å². The summed E-state index contributed by atoms with van der Waals surface area (Å²) in [5.41, 5.74) is 2.02. The summed E-state index contributed by atoms with van der Waals surface area (Å²) in [5, 5.41) is 4.85. The summed E-state index contributed by atoms with van der Waals surface area (Å²) >= 11 is 1.50. The van der Waals surface area contributed by atoms with Crippen LogP contribution in [0.5, 0.6) is 0 Å².